The zero-order valence-electron chi connectivity index (χ0n) is 23.7. The fourth-order valence-corrected chi connectivity index (χ4v) is 3.51. The Morgan fingerprint density at radius 1 is 0.605 bits per heavy atom. The third-order valence-corrected chi connectivity index (χ3v) is 5.69. The van der Waals surface area contributed by atoms with E-state index in [1.807, 2.05) is 0 Å². The van der Waals surface area contributed by atoms with Crippen molar-refractivity contribution in [1.29, 1.82) is 0 Å². The maximum atomic E-state index is 12.7. The van der Waals surface area contributed by atoms with Crippen LogP contribution in [0.15, 0.2) is 92.0 Å². The quantitative estimate of drug-likeness (QED) is 0.0926. The topological polar surface area (TPSA) is 124 Å². The van der Waals surface area contributed by atoms with Gasteiger partial charge in [0.2, 0.25) is 0 Å². The normalized spacial score (nSPS) is 10.2. The molecule has 0 N–H and O–H groups in total. The molecule has 43 heavy (non-hydrogen) atoms. The Kier molecular flexibility index (Phi) is 12.5. The first-order chi connectivity index (χ1) is 20.8. The molecular weight excluding hydrogens is 556 g/mol. The average molecular weight is 589 g/mol. The van der Waals surface area contributed by atoms with Crippen molar-refractivity contribution in [1.82, 2.24) is 0 Å². The van der Waals surface area contributed by atoms with Gasteiger partial charge in [0.1, 0.15) is 23.0 Å². The van der Waals surface area contributed by atoms with Gasteiger partial charge >= 0.3 is 23.9 Å². The first-order valence-electron chi connectivity index (χ1n) is 13.4. The van der Waals surface area contributed by atoms with Gasteiger partial charge in [-0.2, -0.15) is 0 Å². The molecule has 3 aromatic rings. The molecule has 0 aliphatic rings. The third kappa shape index (κ3) is 10.8. The van der Waals surface area contributed by atoms with Crippen molar-refractivity contribution in [3.8, 4) is 23.0 Å². The van der Waals surface area contributed by atoms with Crippen molar-refractivity contribution in [2.24, 2.45) is 0 Å². The highest BCUT2D eigenvalue weighted by Crippen LogP contribution is 2.23. The number of rotatable bonds is 16. The summed E-state index contributed by atoms with van der Waals surface area (Å²) < 4.78 is 31.9. The smallest absolute Gasteiger partial charge is 0.343 e. The second-order valence-electron chi connectivity index (χ2n) is 8.90. The van der Waals surface area contributed by atoms with Crippen molar-refractivity contribution < 1.29 is 47.6 Å². The van der Waals surface area contributed by atoms with Gasteiger partial charge in [0.05, 0.1) is 37.6 Å². The molecule has 0 bridgehead atoms. The molecule has 0 unspecified atom stereocenters. The maximum Gasteiger partial charge on any atom is 0.343 e. The van der Waals surface area contributed by atoms with E-state index in [1.54, 1.807) is 61.5 Å². The predicted octanol–water partition coefficient (Wildman–Crippen LogP) is 5.43. The molecule has 0 aliphatic carbocycles. The summed E-state index contributed by atoms with van der Waals surface area (Å²) in [4.78, 5) is 47.4. The second-order valence-corrected chi connectivity index (χ2v) is 8.90. The molecule has 0 spiro atoms. The van der Waals surface area contributed by atoms with Crippen molar-refractivity contribution in [2.75, 3.05) is 26.4 Å². The Labute approximate surface area is 249 Å². The number of aryl methyl sites for hydroxylation is 1. The summed E-state index contributed by atoms with van der Waals surface area (Å²) in [5, 5.41) is 0. The third-order valence-electron chi connectivity index (χ3n) is 5.69. The van der Waals surface area contributed by atoms with Gasteiger partial charge in [-0.1, -0.05) is 13.2 Å². The van der Waals surface area contributed by atoms with E-state index in [2.05, 4.69) is 13.2 Å². The Balaban J connectivity index is 1.45. The van der Waals surface area contributed by atoms with Crippen LogP contribution in [-0.2, 0) is 19.1 Å². The summed E-state index contributed by atoms with van der Waals surface area (Å²) in [6.07, 6.45) is 3.22. The molecule has 3 rings (SSSR count). The summed E-state index contributed by atoms with van der Waals surface area (Å²) in [7, 11) is 0. The van der Waals surface area contributed by atoms with Crippen LogP contribution in [0, 0.1) is 6.92 Å². The zero-order chi connectivity index (χ0) is 31.0. The van der Waals surface area contributed by atoms with Crippen LogP contribution in [0.25, 0.3) is 0 Å². The molecule has 0 aliphatic heterocycles. The SMILES string of the molecule is C=CC(=O)OCCCOc1ccc(OC(=O)c2ccc(OC(=O)c3ccc(OCCCOC(=O)C=C)cc3)cc2C)cc1. The number of hydrogen-bond acceptors (Lipinski definition) is 10. The molecule has 0 heterocycles. The number of carbonyl (C=O) groups excluding carboxylic acids is 4. The highest BCUT2D eigenvalue weighted by Gasteiger charge is 2.15. The molecule has 3 aromatic carbocycles. The van der Waals surface area contributed by atoms with E-state index in [0.29, 0.717) is 60.0 Å². The van der Waals surface area contributed by atoms with E-state index in [4.69, 9.17) is 28.4 Å². The minimum atomic E-state index is -0.572. The van der Waals surface area contributed by atoms with Crippen LogP contribution in [0.5, 0.6) is 23.0 Å². The Bertz CT molecular complexity index is 1430. The summed E-state index contributed by atoms with van der Waals surface area (Å²) >= 11 is 0. The molecular formula is C33H32O10. The van der Waals surface area contributed by atoms with E-state index < -0.39 is 23.9 Å². The average Bonchev–Trinajstić information content (AvgIpc) is 3.01. The monoisotopic (exact) mass is 588 g/mol. The highest BCUT2D eigenvalue weighted by atomic mass is 16.5. The first-order valence-corrected chi connectivity index (χ1v) is 13.4. The molecule has 0 saturated heterocycles. The fraction of sp³-hybridized carbons (Fsp3) is 0.212. The second kappa shape index (κ2) is 16.8. The Hall–Kier alpha value is -5.38. The summed E-state index contributed by atoms with van der Waals surface area (Å²) in [6, 6.07) is 17.6. The summed E-state index contributed by atoms with van der Waals surface area (Å²) in [5.41, 5.74) is 1.20. The van der Waals surface area contributed by atoms with Crippen molar-refractivity contribution in [2.45, 2.75) is 19.8 Å². The van der Waals surface area contributed by atoms with Crippen molar-refractivity contribution in [3.63, 3.8) is 0 Å². The van der Waals surface area contributed by atoms with Gasteiger partial charge in [0, 0.05) is 25.0 Å². The molecule has 0 radical (unpaired) electrons. The Morgan fingerprint density at radius 3 is 1.58 bits per heavy atom. The van der Waals surface area contributed by atoms with E-state index in [0.717, 1.165) is 12.2 Å². The Morgan fingerprint density at radius 2 is 1.07 bits per heavy atom. The lowest BCUT2D eigenvalue weighted by molar-refractivity contribution is -0.138. The molecule has 224 valence electrons. The minimum absolute atomic E-state index is 0.216. The van der Waals surface area contributed by atoms with Crippen LogP contribution in [0.4, 0.5) is 0 Å². The maximum absolute atomic E-state index is 12.7. The molecule has 0 aromatic heterocycles. The van der Waals surface area contributed by atoms with Crippen molar-refractivity contribution >= 4 is 23.9 Å². The lowest BCUT2D eigenvalue weighted by atomic mass is 10.1. The molecule has 10 nitrogen and oxygen atoms in total. The largest absolute Gasteiger partial charge is 0.493 e. The number of ether oxygens (including phenoxy) is 6. The fourth-order valence-electron chi connectivity index (χ4n) is 3.51. The minimum Gasteiger partial charge on any atom is -0.493 e. The van der Waals surface area contributed by atoms with Crippen LogP contribution >= 0.6 is 0 Å². The van der Waals surface area contributed by atoms with Gasteiger partial charge in [0.25, 0.3) is 0 Å². The van der Waals surface area contributed by atoms with Crippen LogP contribution < -0.4 is 18.9 Å². The van der Waals surface area contributed by atoms with Gasteiger partial charge in [-0.3, -0.25) is 0 Å². The van der Waals surface area contributed by atoms with Crippen molar-refractivity contribution in [3.05, 3.63) is 109 Å². The van der Waals surface area contributed by atoms with Crippen LogP contribution in [0.1, 0.15) is 39.1 Å². The predicted molar refractivity (Wildman–Crippen MR) is 157 cm³/mol. The number of carbonyl (C=O) groups is 4. The number of benzene rings is 3. The summed E-state index contributed by atoms with van der Waals surface area (Å²) in [5.74, 6) is -0.379. The van der Waals surface area contributed by atoms with Gasteiger partial charge in [-0.05, 0) is 79.2 Å². The standard InChI is InChI=1S/C33H32O10/c1-4-30(34)40-20-6-18-38-25-10-8-24(9-11-25)32(36)43-28-16-17-29(23(3)22-28)33(37)42-27-14-12-26(13-15-27)39-19-7-21-41-31(35)5-2/h4-5,8-17,22H,1-2,6-7,18-21H2,3H3. The van der Waals surface area contributed by atoms with E-state index in [1.165, 1.54) is 12.1 Å². The van der Waals surface area contributed by atoms with E-state index in [9.17, 15) is 19.2 Å². The van der Waals surface area contributed by atoms with E-state index >= 15 is 0 Å². The zero-order valence-corrected chi connectivity index (χ0v) is 23.7. The first kappa shape index (κ1) is 32.1. The van der Waals surface area contributed by atoms with Gasteiger partial charge in [-0.15, -0.1) is 0 Å². The molecule has 0 amide bonds. The van der Waals surface area contributed by atoms with Crippen LogP contribution in [0.2, 0.25) is 0 Å². The van der Waals surface area contributed by atoms with Gasteiger partial charge in [-0.25, -0.2) is 19.2 Å². The van der Waals surface area contributed by atoms with Crippen LogP contribution in [-0.4, -0.2) is 50.3 Å². The lowest BCUT2D eigenvalue weighted by Gasteiger charge is -2.11. The summed E-state index contributed by atoms with van der Waals surface area (Å²) in [6.45, 7) is 9.48. The van der Waals surface area contributed by atoms with Gasteiger partial charge < -0.3 is 28.4 Å². The van der Waals surface area contributed by atoms with Crippen LogP contribution in [0.3, 0.4) is 0 Å². The lowest BCUT2D eigenvalue weighted by Crippen LogP contribution is -2.12. The molecule has 0 fully saturated rings. The number of hydrogen-bond donors (Lipinski definition) is 0. The molecule has 0 atom stereocenters. The van der Waals surface area contributed by atoms with E-state index in [-0.39, 0.29) is 19.0 Å². The molecule has 10 heteroatoms. The highest BCUT2D eigenvalue weighted by molar-refractivity contribution is 5.94. The van der Waals surface area contributed by atoms with Gasteiger partial charge in [0.15, 0.2) is 0 Å². The number of esters is 4. The molecule has 0 saturated carbocycles.